The van der Waals surface area contributed by atoms with Crippen LogP contribution in [0.4, 0.5) is 36.4 Å². The van der Waals surface area contributed by atoms with Gasteiger partial charge in [0, 0.05) is 23.5 Å². The molecule has 6 nitrogen and oxygen atoms in total. The van der Waals surface area contributed by atoms with Gasteiger partial charge in [0.1, 0.15) is 9.84 Å². The number of hydrogen-bond acceptors (Lipinski definition) is 4. The lowest BCUT2D eigenvalue weighted by atomic mass is 9.92. The summed E-state index contributed by atoms with van der Waals surface area (Å²) in [5.74, 6) is -2.08. The molecule has 0 spiro atoms. The zero-order valence-electron chi connectivity index (χ0n) is 21.9. The molecule has 218 valence electrons. The minimum absolute atomic E-state index is 0.119. The SMILES string of the molecule is CC.Cc1cc(C(F)(C(F)(F)F)C(F)(F)F)ccc1NC(=O)c1cccc(C)c1C(=O)NC(C)CS(C)(=O)=O. The van der Waals surface area contributed by atoms with Crippen LogP contribution < -0.4 is 10.6 Å². The number of carbonyl (C=O) groups is 2. The molecule has 0 saturated carbocycles. The number of benzene rings is 2. The van der Waals surface area contributed by atoms with E-state index in [1.54, 1.807) is 0 Å². The summed E-state index contributed by atoms with van der Waals surface area (Å²) < 4.78 is 116. The van der Waals surface area contributed by atoms with Crippen LogP contribution in [-0.2, 0) is 15.5 Å². The number of halogens is 7. The van der Waals surface area contributed by atoms with E-state index in [0.717, 1.165) is 13.2 Å². The van der Waals surface area contributed by atoms with E-state index >= 15 is 0 Å². The summed E-state index contributed by atoms with van der Waals surface area (Å²) in [5.41, 5.74) is -7.84. The van der Waals surface area contributed by atoms with Gasteiger partial charge in [0.15, 0.2) is 0 Å². The molecule has 2 amide bonds. The first-order valence-corrected chi connectivity index (χ1v) is 13.6. The van der Waals surface area contributed by atoms with Crippen molar-refractivity contribution in [2.24, 2.45) is 0 Å². The Morgan fingerprint density at radius 1 is 0.872 bits per heavy atom. The molecule has 0 aliphatic carbocycles. The highest BCUT2D eigenvalue weighted by molar-refractivity contribution is 7.90. The number of sulfone groups is 1. The molecule has 1 unspecified atom stereocenters. The summed E-state index contributed by atoms with van der Waals surface area (Å²) in [7, 11) is -3.43. The molecular weight excluding hydrogens is 557 g/mol. The van der Waals surface area contributed by atoms with Crippen molar-refractivity contribution in [1.82, 2.24) is 5.32 Å². The number of aryl methyl sites for hydroxylation is 2. The van der Waals surface area contributed by atoms with Crippen molar-refractivity contribution in [2.45, 2.75) is 58.7 Å². The molecule has 2 N–H and O–H groups in total. The van der Waals surface area contributed by atoms with E-state index in [1.165, 1.54) is 32.0 Å². The average molecular weight is 587 g/mol. The lowest BCUT2D eigenvalue weighted by Crippen LogP contribution is -2.50. The monoisotopic (exact) mass is 586 g/mol. The molecule has 1 atom stereocenters. The lowest BCUT2D eigenvalue weighted by Gasteiger charge is -2.30. The minimum Gasteiger partial charge on any atom is -0.349 e. The molecule has 0 fully saturated rings. The van der Waals surface area contributed by atoms with Gasteiger partial charge in [-0.15, -0.1) is 0 Å². The fourth-order valence-corrected chi connectivity index (χ4v) is 4.64. The van der Waals surface area contributed by atoms with Crippen LogP contribution in [0.5, 0.6) is 0 Å². The maximum Gasteiger partial charge on any atom is 0.435 e. The summed E-state index contributed by atoms with van der Waals surface area (Å²) in [4.78, 5) is 25.7. The summed E-state index contributed by atoms with van der Waals surface area (Å²) in [5, 5.41) is 4.76. The molecule has 2 aromatic rings. The quantitative estimate of drug-likeness (QED) is 0.388. The number of nitrogens with one attached hydrogen (secondary N) is 2. The standard InChI is InChI=1S/C23H23F7N2O4S.C2H6/c1-12-6-5-7-16(18(12)20(34)31-14(3)11-37(4,35)36)19(33)32-17-9-8-15(10-13(17)2)21(24,22(25,26)27)23(28,29)30;1-2/h5-10,14H,11H2,1-4H3,(H,31,34)(H,32,33);1-2H3. The fraction of sp³-hybridized carbons (Fsp3) is 0.440. The largest absolute Gasteiger partial charge is 0.435 e. The highest BCUT2D eigenvalue weighted by atomic mass is 32.2. The molecule has 2 rings (SSSR count). The third-order valence-corrected chi connectivity index (χ3v) is 6.43. The van der Waals surface area contributed by atoms with Crippen LogP contribution >= 0.6 is 0 Å². The number of amides is 2. The second-order valence-corrected chi connectivity index (χ2v) is 10.8. The summed E-state index contributed by atoms with van der Waals surface area (Å²) in [6, 6.07) is 4.66. The molecular formula is C25H29F7N2O4S. The second kappa shape index (κ2) is 12.3. The van der Waals surface area contributed by atoms with Crippen molar-refractivity contribution < 1.29 is 48.7 Å². The Hall–Kier alpha value is -3.16. The Morgan fingerprint density at radius 3 is 1.87 bits per heavy atom. The first-order chi connectivity index (χ1) is 17.7. The number of alkyl halides is 7. The van der Waals surface area contributed by atoms with Gasteiger partial charge in [0.2, 0.25) is 0 Å². The summed E-state index contributed by atoms with van der Waals surface area (Å²) >= 11 is 0. The average Bonchev–Trinajstić information content (AvgIpc) is 2.77. The smallest absolute Gasteiger partial charge is 0.349 e. The van der Waals surface area contributed by atoms with Crippen LogP contribution in [0.3, 0.4) is 0 Å². The van der Waals surface area contributed by atoms with Gasteiger partial charge < -0.3 is 10.6 Å². The van der Waals surface area contributed by atoms with E-state index in [9.17, 15) is 48.7 Å². The maximum absolute atomic E-state index is 14.4. The van der Waals surface area contributed by atoms with Gasteiger partial charge in [-0.25, -0.2) is 12.8 Å². The minimum atomic E-state index is -6.29. The molecule has 0 heterocycles. The van der Waals surface area contributed by atoms with Gasteiger partial charge in [0.05, 0.1) is 16.9 Å². The predicted octanol–water partition coefficient (Wildman–Crippen LogP) is 6.03. The Balaban J connectivity index is 0.00000371. The van der Waals surface area contributed by atoms with Gasteiger partial charge in [-0.1, -0.05) is 38.1 Å². The zero-order chi connectivity index (χ0) is 30.6. The van der Waals surface area contributed by atoms with E-state index < -0.39 is 51.3 Å². The molecule has 0 aliphatic heterocycles. The normalized spacial score (nSPS) is 13.2. The molecule has 39 heavy (non-hydrogen) atoms. The Kier molecular flexibility index (Phi) is 10.7. The Bertz CT molecular complexity index is 1290. The van der Waals surface area contributed by atoms with Crippen LogP contribution in [0.2, 0.25) is 0 Å². The number of anilines is 1. The molecule has 14 heteroatoms. The van der Waals surface area contributed by atoms with E-state index in [-0.39, 0.29) is 34.2 Å². The van der Waals surface area contributed by atoms with Gasteiger partial charge in [-0.05, 0) is 44.0 Å². The Morgan fingerprint density at radius 2 is 1.41 bits per heavy atom. The van der Waals surface area contributed by atoms with Crippen molar-refractivity contribution in [2.75, 3.05) is 17.3 Å². The maximum atomic E-state index is 14.4. The van der Waals surface area contributed by atoms with Crippen molar-refractivity contribution in [3.05, 3.63) is 64.2 Å². The number of hydrogen-bond donors (Lipinski definition) is 2. The van der Waals surface area contributed by atoms with Crippen LogP contribution in [0.1, 0.15) is 58.2 Å². The van der Waals surface area contributed by atoms with Crippen molar-refractivity contribution in [3.63, 3.8) is 0 Å². The third-order valence-electron chi connectivity index (χ3n) is 5.33. The second-order valence-electron chi connectivity index (χ2n) is 8.60. The fourth-order valence-electron chi connectivity index (χ4n) is 3.65. The van der Waals surface area contributed by atoms with Crippen molar-refractivity contribution in [3.8, 4) is 0 Å². The van der Waals surface area contributed by atoms with Gasteiger partial charge in [-0.2, -0.15) is 26.3 Å². The molecule has 0 saturated heterocycles. The molecule has 0 bridgehead atoms. The van der Waals surface area contributed by atoms with Gasteiger partial charge in [0.25, 0.3) is 11.8 Å². The topological polar surface area (TPSA) is 92.3 Å². The van der Waals surface area contributed by atoms with E-state index in [4.69, 9.17) is 0 Å². The molecule has 0 aromatic heterocycles. The van der Waals surface area contributed by atoms with E-state index in [0.29, 0.717) is 17.7 Å². The molecule has 2 aromatic carbocycles. The first kappa shape index (κ1) is 33.9. The predicted molar refractivity (Wildman–Crippen MR) is 133 cm³/mol. The van der Waals surface area contributed by atoms with E-state index in [2.05, 4.69) is 10.6 Å². The third kappa shape index (κ3) is 7.93. The number of rotatable bonds is 7. The van der Waals surface area contributed by atoms with Crippen molar-refractivity contribution >= 4 is 27.3 Å². The highest BCUT2D eigenvalue weighted by Gasteiger charge is 2.73. The van der Waals surface area contributed by atoms with Crippen molar-refractivity contribution in [1.29, 1.82) is 0 Å². The van der Waals surface area contributed by atoms with Crippen LogP contribution in [0.25, 0.3) is 0 Å². The highest BCUT2D eigenvalue weighted by Crippen LogP contribution is 2.53. The van der Waals surface area contributed by atoms with E-state index in [1.807, 2.05) is 13.8 Å². The van der Waals surface area contributed by atoms with Crippen LogP contribution in [0, 0.1) is 13.8 Å². The van der Waals surface area contributed by atoms with Gasteiger partial charge in [-0.3, -0.25) is 9.59 Å². The first-order valence-electron chi connectivity index (χ1n) is 11.5. The summed E-state index contributed by atoms with van der Waals surface area (Å²) in [6.07, 6.45) is -11.6. The van der Waals surface area contributed by atoms with Crippen LogP contribution in [0.15, 0.2) is 36.4 Å². The zero-order valence-corrected chi connectivity index (χ0v) is 22.8. The molecule has 0 aliphatic rings. The molecule has 0 radical (unpaired) electrons. The number of carbonyl (C=O) groups excluding carboxylic acids is 2. The summed E-state index contributed by atoms with van der Waals surface area (Å²) in [6.45, 7) is 8.01. The lowest BCUT2D eigenvalue weighted by molar-refractivity contribution is -0.348. The van der Waals surface area contributed by atoms with Crippen LogP contribution in [-0.4, -0.2) is 50.6 Å². The van der Waals surface area contributed by atoms with Gasteiger partial charge >= 0.3 is 18.0 Å². The Labute approximate surface area is 221 Å².